The summed E-state index contributed by atoms with van der Waals surface area (Å²) in [4.78, 5) is 10.5. The average Bonchev–Trinajstić information content (AvgIpc) is 1.97. The minimum absolute atomic E-state index is 0.363. The first-order chi connectivity index (χ1) is 5.22. The van der Waals surface area contributed by atoms with Crippen molar-refractivity contribution in [1.29, 1.82) is 0 Å². The Morgan fingerprint density at radius 1 is 1.73 bits per heavy atom. The fourth-order valence-electron chi connectivity index (χ4n) is 0.761. The summed E-state index contributed by atoms with van der Waals surface area (Å²) in [6, 6.07) is -0.363. The van der Waals surface area contributed by atoms with E-state index in [2.05, 4.69) is 21.3 Å². The van der Waals surface area contributed by atoms with Crippen molar-refractivity contribution in [2.75, 3.05) is 6.54 Å². The molecule has 11 heavy (non-hydrogen) atoms. The fourth-order valence-corrected chi connectivity index (χ4v) is 1.30. The third-order valence-corrected chi connectivity index (χ3v) is 1.90. The molecular weight excluding hydrogens is 209 g/mol. The molecule has 0 aliphatic rings. The van der Waals surface area contributed by atoms with Crippen LogP contribution in [0.15, 0.2) is 0 Å². The van der Waals surface area contributed by atoms with Crippen LogP contribution >= 0.6 is 0 Å². The molecule has 0 fully saturated rings. The van der Waals surface area contributed by atoms with Gasteiger partial charge in [-0.2, -0.15) is 0 Å². The van der Waals surface area contributed by atoms with Gasteiger partial charge < -0.3 is 0 Å². The number of carbonyl (C=O) groups is 1. The predicted molar refractivity (Wildman–Crippen MR) is 46.3 cm³/mol. The van der Waals surface area contributed by atoms with E-state index in [1.807, 2.05) is 6.92 Å². The van der Waals surface area contributed by atoms with Gasteiger partial charge in [-0.3, -0.25) is 0 Å². The summed E-state index contributed by atoms with van der Waals surface area (Å²) in [6.07, 6.45) is 1.66. The normalized spacial score (nSPS) is 12.9. The molecule has 0 aliphatic carbocycles. The van der Waals surface area contributed by atoms with E-state index in [4.69, 9.17) is 5.11 Å². The van der Waals surface area contributed by atoms with E-state index in [-0.39, 0.29) is 6.04 Å². The van der Waals surface area contributed by atoms with Crippen molar-refractivity contribution in [2.45, 2.75) is 31.1 Å². The van der Waals surface area contributed by atoms with Gasteiger partial charge in [0.05, 0.1) is 0 Å². The first-order valence-electron chi connectivity index (χ1n) is 3.79. The van der Waals surface area contributed by atoms with Crippen molar-refractivity contribution in [3.63, 3.8) is 0 Å². The number of aliphatic carboxylic acids is 1. The van der Waals surface area contributed by atoms with E-state index in [9.17, 15) is 4.79 Å². The van der Waals surface area contributed by atoms with E-state index in [1.165, 1.54) is 0 Å². The summed E-state index contributed by atoms with van der Waals surface area (Å²) in [6.45, 7) is 2.80. The summed E-state index contributed by atoms with van der Waals surface area (Å²) in [5.41, 5.74) is 0. The van der Waals surface area contributed by atoms with Crippen LogP contribution in [-0.4, -0.2) is 39.7 Å². The molecule has 2 N–H and O–H groups in total. The van der Waals surface area contributed by atoms with Crippen molar-refractivity contribution in [3.8, 4) is 0 Å². The molecule has 0 radical (unpaired) electrons. The monoisotopic (exact) mass is 225 g/mol. The molecule has 3 nitrogen and oxygen atoms in total. The van der Waals surface area contributed by atoms with Crippen LogP contribution in [0.3, 0.4) is 0 Å². The Labute approximate surface area is 75.4 Å². The molecule has 0 bridgehead atoms. The number of rotatable bonds is 6. The van der Waals surface area contributed by atoms with Crippen LogP contribution in [0.25, 0.3) is 0 Å². The van der Waals surface area contributed by atoms with E-state index in [0.717, 1.165) is 18.3 Å². The Balaban J connectivity index is 3.60. The van der Waals surface area contributed by atoms with Crippen molar-refractivity contribution in [3.05, 3.63) is 0 Å². The molecule has 0 saturated heterocycles. The first-order valence-corrected chi connectivity index (χ1v) is 5.12. The van der Waals surface area contributed by atoms with Gasteiger partial charge in [-0.25, -0.2) is 0 Å². The van der Waals surface area contributed by atoms with Crippen LogP contribution in [0.5, 0.6) is 0 Å². The van der Waals surface area contributed by atoms with Crippen LogP contribution < -0.4 is 5.32 Å². The predicted octanol–water partition coefficient (Wildman–Crippen LogP) is 0.148. The minimum atomic E-state index is -0.746. The zero-order valence-corrected chi connectivity index (χ0v) is 8.59. The van der Waals surface area contributed by atoms with Crippen molar-refractivity contribution < 1.29 is 9.90 Å². The van der Waals surface area contributed by atoms with Gasteiger partial charge in [-0.05, 0) is 0 Å². The number of hydrogen-bond acceptors (Lipinski definition) is 2. The Hall–Kier alpha value is -0.0505. The molecule has 0 aliphatic heterocycles. The van der Waals surface area contributed by atoms with E-state index in [0.29, 0.717) is 6.42 Å². The molecule has 1 atom stereocenters. The molecule has 0 saturated carbocycles. The van der Waals surface area contributed by atoms with Gasteiger partial charge in [-0.15, -0.1) is 0 Å². The molecule has 0 heterocycles. The second-order valence-corrected chi connectivity index (χ2v) is 3.30. The van der Waals surface area contributed by atoms with Crippen LogP contribution in [0.1, 0.15) is 19.8 Å². The van der Waals surface area contributed by atoms with Crippen molar-refractivity contribution in [1.82, 2.24) is 5.32 Å². The summed E-state index contributed by atoms with van der Waals surface area (Å²) in [5.74, 6) is -0.746. The number of carboxylic acids is 1. The zero-order chi connectivity index (χ0) is 8.69. The summed E-state index contributed by atoms with van der Waals surface area (Å²) < 4.78 is 0. The molecule has 0 spiro atoms. The van der Waals surface area contributed by atoms with Gasteiger partial charge in [0.15, 0.2) is 0 Å². The second-order valence-electron chi connectivity index (χ2n) is 2.36. The van der Waals surface area contributed by atoms with Crippen molar-refractivity contribution in [2.24, 2.45) is 0 Å². The Morgan fingerprint density at radius 3 is 2.73 bits per heavy atom. The second kappa shape index (κ2) is 6.65. The number of carboxylic acid groups (broad SMARTS) is 1. The van der Waals surface area contributed by atoms with Crippen LogP contribution in [-0.2, 0) is 4.79 Å². The first kappa shape index (κ1) is 10.9. The van der Waals surface area contributed by atoms with E-state index < -0.39 is 5.97 Å². The Bertz CT molecular complexity index is 119. The average molecular weight is 224 g/mol. The summed E-state index contributed by atoms with van der Waals surface area (Å²) >= 11 is 2.40. The zero-order valence-electron chi connectivity index (χ0n) is 6.71. The topological polar surface area (TPSA) is 49.3 Å². The van der Waals surface area contributed by atoms with Crippen molar-refractivity contribution >= 4 is 22.0 Å². The van der Waals surface area contributed by atoms with Gasteiger partial charge in [-0.1, -0.05) is 0 Å². The maximum atomic E-state index is 10.5. The standard InChI is InChI=1S/C7H15NO2Se/c1-2-4-8-6(3-5-11)7(9)10/h6,8,11H,2-5H2,1H3,(H,9,10). The fraction of sp³-hybridized carbons (Fsp3) is 0.857. The van der Waals surface area contributed by atoms with Crippen LogP contribution in [0.2, 0.25) is 5.32 Å². The molecule has 0 rings (SSSR count). The molecule has 66 valence electrons. The van der Waals surface area contributed by atoms with Gasteiger partial charge in [0.2, 0.25) is 0 Å². The van der Waals surface area contributed by atoms with E-state index >= 15 is 0 Å². The third kappa shape index (κ3) is 5.24. The van der Waals surface area contributed by atoms with Gasteiger partial charge in [0.25, 0.3) is 0 Å². The number of nitrogens with one attached hydrogen (secondary N) is 1. The Kier molecular flexibility index (Phi) is 6.62. The summed E-state index contributed by atoms with van der Waals surface area (Å²) in [7, 11) is 0. The summed E-state index contributed by atoms with van der Waals surface area (Å²) in [5, 5.41) is 12.5. The van der Waals surface area contributed by atoms with Gasteiger partial charge in [0.1, 0.15) is 0 Å². The molecule has 0 aromatic rings. The quantitative estimate of drug-likeness (QED) is 0.631. The molecule has 0 aromatic heterocycles. The molecule has 4 heteroatoms. The van der Waals surface area contributed by atoms with E-state index in [1.54, 1.807) is 0 Å². The number of hydrogen-bond donors (Lipinski definition) is 2. The van der Waals surface area contributed by atoms with Gasteiger partial charge in [0, 0.05) is 0 Å². The van der Waals surface area contributed by atoms with Crippen LogP contribution in [0.4, 0.5) is 0 Å². The Morgan fingerprint density at radius 2 is 2.36 bits per heavy atom. The van der Waals surface area contributed by atoms with Gasteiger partial charge >= 0.3 is 74.9 Å². The molecule has 0 aromatic carbocycles. The third-order valence-electron chi connectivity index (χ3n) is 1.36. The molecule has 1 unspecified atom stereocenters. The molecule has 0 amide bonds. The molecular formula is C7H15NO2Se. The van der Waals surface area contributed by atoms with Crippen LogP contribution in [0, 0.1) is 0 Å². The SMILES string of the molecule is CCCNC(CC[SeH])C(=O)O. The maximum absolute atomic E-state index is 10.5.